The average molecular weight is 372 g/mol. The number of nitrogens with zero attached hydrogens (tertiary/aromatic N) is 2. The number of ether oxygens (including phenoxy) is 1. The lowest BCUT2D eigenvalue weighted by atomic mass is 9.79. The molecule has 1 saturated heterocycles. The molecule has 0 bridgehead atoms. The average Bonchev–Trinajstić information content (AvgIpc) is 2.89. The first-order valence-corrected chi connectivity index (χ1v) is 8.70. The summed E-state index contributed by atoms with van der Waals surface area (Å²) in [5, 5.41) is 10.2. The van der Waals surface area contributed by atoms with Crippen molar-refractivity contribution in [2.24, 2.45) is 11.8 Å². The number of aliphatic hydroxyl groups excluding tert-OH is 1. The Morgan fingerprint density at radius 1 is 1.22 bits per heavy atom. The minimum Gasteiger partial charge on any atom is -0.481 e. The van der Waals surface area contributed by atoms with Crippen LogP contribution in [0.25, 0.3) is 0 Å². The van der Waals surface area contributed by atoms with Gasteiger partial charge < -0.3 is 9.84 Å². The second-order valence-corrected chi connectivity index (χ2v) is 6.89. The van der Waals surface area contributed by atoms with Crippen LogP contribution in [-0.4, -0.2) is 42.1 Å². The largest absolute Gasteiger partial charge is 0.481 e. The summed E-state index contributed by atoms with van der Waals surface area (Å²) in [6.07, 6.45) is 5.91. The lowest BCUT2D eigenvalue weighted by molar-refractivity contribution is -0.126. The van der Waals surface area contributed by atoms with Gasteiger partial charge >= 0.3 is 0 Å². The maximum Gasteiger partial charge on any atom is 0.265 e. The number of fused-ring (bicyclic) bond motifs is 2. The molecule has 140 valence electrons. The van der Waals surface area contributed by atoms with Crippen molar-refractivity contribution in [3.05, 3.63) is 17.9 Å². The van der Waals surface area contributed by atoms with Gasteiger partial charge in [-0.3, -0.25) is 19.3 Å². The van der Waals surface area contributed by atoms with E-state index in [1.54, 1.807) is 0 Å². The van der Waals surface area contributed by atoms with Crippen LogP contribution in [0, 0.1) is 30.0 Å². The van der Waals surface area contributed by atoms with E-state index in [0.717, 1.165) is 11.0 Å². The molecule has 1 saturated carbocycles. The summed E-state index contributed by atoms with van der Waals surface area (Å²) in [4.78, 5) is 39.7. The Kier molecular flexibility index (Phi) is 4.12. The predicted octanol–water partition coefficient (Wildman–Crippen LogP) is 0.835. The fourth-order valence-corrected chi connectivity index (χ4v) is 4.10. The number of terminal acetylenes is 1. The van der Waals surface area contributed by atoms with Gasteiger partial charge in [0.1, 0.15) is 5.75 Å². The van der Waals surface area contributed by atoms with Crippen molar-refractivity contribution in [1.82, 2.24) is 0 Å². The molecule has 2 aliphatic heterocycles. The van der Waals surface area contributed by atoms with Gasteiger partial charge in [0.25, 0.3) is 5.91 Å². The molecule has 1 aromatic carbocycles. The number of carbonyl (C=O) groups excluding carboxylic acids is 3. The van der Waals surface area contributed by atoms with E-state index >= 15 is 0 Å². The molecule has 0 radical (unpaired) electrons. The van der Waals surface area contributed by atoms with Crippen LogP contribution in [0.2, 0.25) is 0 Å². The fourth-order valence-electron chi connectivity index (χ4n) is 4.10. The van der Waals surface area contributed by atoms with Crippen molar-refractivity contribution < 1.29 is 28.6 Å². The number of hydrogen-bond donors (Lipinski definition) is 1. The van der Waals surface area contributed by atoms with Gasteiger partial charge in [0.15, 0.2) is 12.4 Å². The Labute approximate surface area is 154 Å². The highest BCUT2D eigenvalue weighted by Crippen LogP contribution is 2.44. The van der Waals surface area contributed by atoms with Crippen molar-refractivity contribution in [2.45, 2.75) is 25.4 Å². The van der Waals surface area contributed by atoms with Gasteiger partial charge in [0, 0.05) is 6.07 Å². The molecular formula is C19H17FN2O5. The Balaban J connectivity index is 1.79. The minimum atomic E-state index is -0.922. The number of benzene rings is 1. The predicted molar refractivity (Wildman–Crippen MR) is 92.4 cm³/mol. The SMILES string of the molecule is C#CCN1C(=O)COc2cc(F)c(N3C(=O)C4CCCC(O)C4C3=O)cc21. The van der Waals surface area contributed by atoms with Gasteiger partial charge in [-0.25, -0.2) is 9.29 Å². The lowest BCUT2D eigenvalue weighted by Crippen LogP contribution is -2.39. The number of halogens is 1. The number of anilines is 2. The molecule has 3 atom stereocenters. The molecular weight excluding hydrogens is 355 g/mol. The summed E-state index contributed by atoms with van der Waals surface area (Å²) < 4.78 is 20.0. The number of rotatable bonds is 2. The molecule has 27 heavy (non-hydrogen) atoms. The molecule has 2 fully saturated rings. The van der Waals surface area contributed by atoms with E-state index in [2.05, 4.69) is 5.92 Å². The smallest absolute Gasteiger partial charge is 0.265 e. The summed E-state index contributed by atoms with van der Waals surface area (Å²) in [5.41, 5.74) is -0.0534. The van der Waals surface area contributed by atoms with E-state index in [0.29, 0.717) is 19.3 Å². The number of hydrogen-bond acceptors (Lipinski definition) is 5. The van der Waals surface area contributed by atoms with Gasteiger partial charge in [-0.2, -0.15) is 0 Å². The molecule has 1 aliphatic carbocycles. The minimum absolute atomic E-state index is 0.0495. The zero-order chi connectivity index (χ0) is 19.3. The van der Waals surface area contributed by atoms with Crippen LogP contribution in [-0.2, 0) is 14.4 Å². The first kappa shape index (κ1) is 17.5. The van der Waals surface area contributed by atoms with Gasteiger partial charge in [-0.05, 0) is 18.9 Å². The summed E-state index contributed by atoms with van der Waals surface area (Å²) in [6, 6.07) is 2.28. The lowest BCUT2D eigenvalue weighted by Gasteiger charge is -2.29. The zero-order valence-corrected chi connectivity index (χ0v) is 14.4. The second-order valence-electron chi connectivity index (χ2n) is 6.89. The molecule has 1 aromatic rings. The van der Waals surface area contributed by atoms with Crippen LogP contribution in [0.5, 0.6) is 5.75 Å². The van der Waals surface area contributed by atoms with E-state index < -0.39 is 41.5 Å². The van der Waals surface area contributed by atoms with Crippen LogP contribution in [0.3, 0.4) is 0 Å². The monoisotopic (exact) mass is 372 g/mol. The first-order valence-electron chi connectivity index (χ1n) is 8.70. The second kappa shape index (κ2) is 6.35. The van der Waals surface area contributed by atoms with Gasteiger partial charge in [0.05, 0.1) is 35.9 Å². The quantitative estimate of drug-likeness (QED) is 0.614. The molecule has 0 aromatic heterocycles. The molecule has 3 amide bonds. The third kappa shape index (κ3) is 2.58. The Bertz CT molecular complexity index is 893. The van der Waals surface area contributed by atoms with Crippen LogP contribution in [0.1, 0.15) is 19.3 Å². The molecule has 4 rings (SSSR count). The standard InChI is InChI=1S/C19H17FN2O5/c1-2-6-21-13-8-12(11(20)7-15(13)27-9-16(21)24)22-18(25)10-4-3-5-14(23)17(10)19(22)26/h1,7-8,10,14,17,23H,3-6,9H2. The molecule has 8 heteroatoms. The van der Waals surface area contributed by atoms with Crippen molar-refractivity contribution >= 4 is 29.1 Å². The summed E-state index contributed by atoms with van der Waals surface area (Å²) in [7, 11) is 0. The van der Waals surface area contributed by atoms with Crippen molar-refractivity contribution in [3.8, 4) is 18.1 Å². The molecule has 1 N–H and O–H groups in total. The molecule has 3 aliphatic rings. The molecule has 7 nitrogen and oxygen atoms in total. The maximum atomic E-state index is 14.7. The van der Waals surface area contributed by atoms with E-state index in [-0.39, 0.29) is 30.3 Å². The van der Waals surface area contributed by atoms with E-state index in [1.165, 1.54) is 11.0 Å². The van der Waals surface area contributed by atoms with Gasteiger partial charge in [-0.1, -0.05) is 12.3 Å². The Morgan fingerprint density at radius 2 is 2.00 bits per heavy atom. The van der Waals surface area contributed by atoms with Gasteiger partial charge in [-0.15, -0.1) is 6.42 Å². The third-order valence-electron chi connectivity index (χ3n) is 5.37. The zero-order valence-electron chi connectivity index (χ0n) is 14.4. The van der Waals surface area contributed by atoms with Crippen molar-refractivity contribution in [2.75, 3.05) is 23.0 Å². The van der Waals surface area contributed by atoms with Crippen LogP contribution >= 0.6 is 0 Å². The number of carbonyl (C=O) groups is 3. The van der Waals surface area contributed by atoms with Crippen molar-refractivity contribution in [1.29, 1.82) is 0 Å². The Hall–Kier alpha value is -2.92. The van der Waals surface area contributed by atoms with E-state index in [9.17, 15) is 23.9 Å². The highest BCUT2D eigenvalue weighted by molar-refractivity contribution is 6.22. The number of aliphatic hydroxyl groups is 1. The highest BCUT2D eigenvalue weighted by atomic mass is 19.1. The molecule has 2 heterocycles. The number of amides is 3. The maximum absolute atomic E-state index is 14.7. The summed E-state index contributed by atoms with van der Waals surface area (Å²) >= 11 is 0. The topological polar surface area (TPSA) is 87.2 Å². The van der Waals surface area contributed by atoms with Crippen molar-refractivity contribution in [3.63, 3.8) is 0 Å². The van der Waals surface area contributed by atoms with E-state index in [1.807, 2.05) is 0 Å². The fraction of sp³-hybridized carbons (Fsp3) is 0.421. The first-order chi connectivity index (χ1) is 12.9. The summed E-state index contributed by atoms with van der Waals surface area (Å²) in [6.45, 7) is -0.322. The Morgan fingerprint density at radius 3 is 2.70 bits per heavy atom. The van der Waals surface area contributed by atoms with Crippen LogP contribution in [0.15, 0.2) is 12.1 Å². The number of imide groups is 1. The normalized spacial score (nSPS) is 27.1. The third-order valence-corrected chi connectivity index (χ3v) is 5.37. The van der Waals surface area contributed by atoms with Crippen LogP contribution in [0.4, 0.5) is 15.8 Å². The summed E-state index contributed by atoms with van der Waals surface area (Å²) in [5.74, 6) is -1.43. The molecule has 3 unspecified atom stereocenters. The van der Waals surface area contributed by atoms with E-state index in [4.69, 9.17) is 11.2 Å². The van der Waals surface area contributed by atoms with Crippen LogP contribution < -0.4 is 14.5 Å². The van der Waals surface area contributed by atoms with Gasteiger partial charge in [0.2, 0.25) is 11.8 Å². The molecule has 0 spiro atoms. The highest BCUT2D eigenvalue weighted by Gasteiger charge is 2.53.